The molecule has 0 aliphatic carbocycles. The number of amides is 2. The van der Waals surface area contributed by atoms with Crippen LogP contribution >= 0.6 is 12.1 Å². The van der Waals surface area contributed by atoms with E-state index in [1.54, 1.807) is 0 Å². The summed E-state index contributed by atoms with van der Waals surface area (Å²) in [5, 5.41) is 4.14. The molecular weight excluding hydrogens is 441 g/mol. The molecular formula is C15H23F3N2O7S2. The van der Waals surface area contributed by atoms with E-state index in [0.29, 0.717) is 12.1 Å². The number of halogens is 3. The molecule has 1 aliphatic heterocycles. The quantitative estimate of drug-likeness (QED) is 0.210. The first-order valence-electron chi connectivity index (χ1n) is 8.08. The van der Waals surface area contributed by atoms with Crippen molar-refractivity contribution in [2.45, 2.75) is 23.6 Å². The van der Waals surface area contributed by atoms with Crippen molar-refractivity contribution in [3.05, 3.63) is 25.7 Å². The molecule has 0 aromatic carbocycles. The summed E-state index contributed by atoms with van der Waals surface area (Å²) in [7, 11) is -5.02. The van der Waals surface area contributed by atoms with Crippen LogP contribution in [0.1, 0.15) is 12.8 Å². The SMILES string of the molecule is C=COCCCN1SN(CCCOC=C)C(=O)C(S(=O)(=O)C(F)(F)F)C1=O.CO. The molecule has 1 rings (SSSR count). The lowest BCUT2D eigenvalue weighted by atomic mass is 10.3. The maximum Gasteiger partial charge on any atom is 0.498 e. The summed E-state index contributed by atoms with van der Waals surface area (Å²) >= 11 is 0.567. The van der Waals surface area contributed by atoms with Crippen LogP contribution in [0.25, 0.3) is 0 Å². The zero-order chi connectivity index (χ0) is 22.7. The highest BCUT2D eigenvalue weighted by Gasteiger charge is 2.60. The van der Waals surface area contributed by atoms with Gasteiger partial charge in [-0.15, -0.1) is 0 Å². The third-order valence-electron chi connectivity index (χ3n) is 3.25. The fraction of sp³-hybridized carbons (Fsp3) is 0.600. The maximum absolute atomic E-state index is 12.9. The summed E-state index contributed by atoms with van der Waals surface area (Å²) in [6, 6.07) is 0. The molecule has 0 aromatic rings. The number of rotatable bonds is 11. The standard InChI is InChI=1S/C14H19F3N2O6S2.CH4O/c1-3-24-9-5-7-18-12(20)11(27(22,23)14(15,16)17)13(21)19(26-18)8-6-10-25-4-2;1-2/h3-4,11H,1-2,5-10H2;2H,1H3. The van der Waals surface area contributed by atoms with Crippen molar-refractivity contribution in [2.24, 2.45) is 0 Å². The lowest BCUT2D eigenvalue weighted by Crippen LogP contribution is -2.58. The number of ether oxygens (including phenoxy) is 2. The van der Waals surface area contributed by atoms with Crippen molar-refractivity contribution < 1.29 is 45.8 Å². The van der Waals surface area contributed by atoms with E-state index < -0.39 is 32.4 Å². The average molecular weight is 464 g/mol. The molecule has 14 heteroatoms. The van der Waals surface area contributed by atoms with Gasteiger partial charge in [0.2, 0.25) is 5.25 Å². The maximum atomic E-state index is 12.9. The van der Waals surface area contributed by atoms with Crippen molar-refractivity contribution in [3.63, 3.8) is 0 Å². The van der Waals surface area contributed by atoms with Crippen LogP contribution in [-0.2, 0) is 28.9 Å². The molecule has 0 atom stereocenters. The van der Waals surface area contributed by atoms with Gasteiger partial charge in [-0.2, -0.15) is 13.2 Å². The topological polar surface area (TPSA) is 113 Å². The Hall–Kier alpha value is -1.93. The summed E-state index contributed by atoms with van der Waals surface area (Å²) < 4.78 is 73.7. The molecule has 1 heterocycles. The number of carbonyl (C=O) groups excluding carboxylic acids is 2. The van der Waals surface area contributed by atoms with Crippen LogP contribution in [0.5, 0.6) is 0 Å². The summed E-state index contributed by atoms with van der Waals surface area (Å²) in [4.78, 5) is 24.6. The van der Waals surface area contributed by atoms with Gasteiger partial charge in [0.05, 0.1) is 37.9 Å². The second-order valence-corrected chi connectivity index (χ2v) is 8.18. The molecule has 0 spiro atoms. The van der Waals surface area contributed by atoms with Crippen LogP contribution in [0.15, 0.2) is 25.7 Å². The van der Waals surface area contributed by atoms with E-state index in [4.69, 9.17) is 14.6 Å². The van der Waals surface area contributed by atoms with Crippen LogP contribution in [-0.4, -0.2) is 78.1 Å². The van der Waals surface area contributed by atoms with Gasteiger partial charge in [0.1, 0.15) is 0 Å². The van der Waals surface area contributed by atoms with Crippen LogP contribution in [0, 0.1) is 0 Å². The van der Waals surface area contributed by atoms with E-state index in [2.05, 4.69) is 13.2 Å². The summed E-state index contributed by atoms with van der Waals surface area (Å²) in [6.45, 7) is 6.64. The number of alkyl halides is 3. The molecule has 0 unspecified atom stereocenters. The zero-order valence-corrected chi connectivity index (χ0v) is 17.3. The molecule has 0 radical (unpaired) electrons. The zero-order valence-electron chi connectivity index (χ0n) is 15.6. The number of carbonyl (C=O) groups is 2. The minimum absolute atomic E-state index is 0.117. The van der Waals surface area contributed by atoms with Crippen molar-refractivity contribution in [1.82, 2.24) is 8.61 Å². The van der Waals surface area contributed by atoms with E-state index in [1.165, 1.54) is 0 Å². The number of hydrogen-bond donors (Lipinski definition) is 1. The van der Waals surface area contributed by atoms with Gasteiger partial charge in [0, 0.05) is 33.0 Å². The first-order chi connectivity index (χ1) is 13.6. The Balaban J connectivity index is 0.00000379. The number of hydrogen-bond acceptors (Lipinski definition) is 8. The number of sulfone groups is 1. The summed E-state index contributed by atoms with van der Waals surface area (Å²) in [5.74, 6) is -2.86. The second kappa shape index (κ2) is 12.6. The van der Waals surface area contributed by atoms with E-state index in [9.17, 15) is 31.2 Å². The number of aliphatic hydroxyl groups is 1. The van der Waals surface area contributed by atoms with Crippen LogP contribution < -0.4 is 0 Å². The number of nitrogens with zero attached hydrogens (tertiary/aromatic N) is 2. The Morgan fingerprint density at radius 1 is 1.03 bits per heavy atom. The van der Waals surface area contributed by atoms with Crippen LogP contribution in [0.2, 0.25) is 0 Å². The third kappa shape index (κ3) is 7.44. The Kier molecular flexibility index (Phi) is 11.8. The minimum atomic E-state index is -6.02. The van der Waals surface area contributed by atoms with E-state index in [1.807, 2.05) is 0 Å². The van der Waals surface area contributed by atoms with Gasteiger partial charge in [-0.05, 0) is 0 Å². The molecule has 1 aliphatic rings. The molecule has 2 amide bonds. The molecule has 1 saturated heterocycles. The highest BCUT2D eigenvalue weighted by Crippen LogP contribution is 2.35. The van der Waals surface area contributed by atoms with E-state index >= 15 is 0 Å². The molecule has 168 valence electrons. The van der Waals surface area contributed by atoms with E-state index in [-0.39, 0.29) is 39.1 Å². The predicted molar refractivity (Wildman–Crippen MR) is 99.5 cm³/mol. The summed E-state index contributed by atoms with van der Waals surface area (Å²) in [6.07, 6.45) is 2.70. The highest BCUT2D eigenvalue weighted by molar-refractivity contribution is 7.98. The number of aliphatic hydroxyl groups excluding tert-OH is 1. The highest BCUT2D eigenvalue weighted by atomic mass is 32.2. The Bertz CT molecular complexity index is 637. The van der Waals surface area contributed by atoms with Crippen molar-refractivity contribution in [1.29, 1.82) is 0 Å². The first-order valence-corrected chi connectivity index (χ1v) is 10.4. The molecule has 1 N–H and O–H groups in total. The monoisotopic (exact) mass is 464 g/mol. The second-order valence-electron chi connectivity index (χ2n) is 5.12. The minimum Gasteiger partial charge on any atom is -0.502 e. The average Bonchev–Trinajstić information content (AvgIpc) is 2.65. The van der Waals surface area contributed by atoms with Crippen molar-refractivity contribution in [3.8, 4) is 0 Å². The van der Waals surface area contributed by atoms with Crippen molar-refractivity contribution in [2.75, 3.05) is 33.4 Å². The Morgan fingerprint density at radius 3 is 1.72 bits per heavy atom. The first kappa shape index (κ1) is 27.1. The van der Waals surface area contributed by atoms with Gasteiger partial charge in [-0.25, -0.2) is 8.42 Å². The van der Waals surface area contributed by atoms with Gasteiger partial charge in [-0.1, -0.05) is 13.2 Å². The molecule has 29 heavy (non-hydrogen) atoms. The predicted octanol–water partition coefficient (Wildman–Crippen LogP) is 1.23. The lowest BCUT2D eigenvalue weighted by molar-refractivity contribution is -0.137. The van der Waals surface area contributed by atoms with Crippen LogP contribution in [0.4, 0.5) is 13.2 Å². The molecule has 1 fully saturated rings. The normalized spacial score (nSPS) is 15.5. The van der Waals surface area contributed by atoms with Gasteiger partial charge < -0.3 is 14.6 Å². The fourth-order valence-electron chi connectivity index (χ4n) is 2.02. The third-order valence-corrected chi connectivity index (χ3v) is 6.04. The molecule has 0 saturated carbocycles. The largest absolute Gasteiger partial charge is 0.502 e. The summed E-state index contributed by atoms with van der Waals surface area (Å²) in [5.41, 5.74) is -5.74. The van der Waals surface area contributed by atoms with Gasteiger partial charge in [0.25, 0.3) is 21.7 Å². The van der Waals surface area contributed by atoms with Crippen LogP contribution in [0.3, 0.4) is 0 Å². The fourth-order valence-corrected chi connectivity index (χ4v) is 4.23. The Morgan fingerprint density at radius 2 is 1.41 bits per heavy atom. The molecule has 0 aromatic heterocycles. The molecule has 0 bridgehead atoms. The van der Waals surface area contributed by atoms with Gasteiger partial charge in [0.15, 0.2) is 0 Å². The van der Waals surface area contributed by atoms with Gasteiger partial charge >= 0.3 is 5.51 Å². The Labute approximate surface area is 171 Å². The lowest BCUT2D eigenvalue weighted by Gasteiger charge is -2.36. The van der Waals surface area contributed by atoms with Gasteiger partial charge in [-0.3, -0.25) is 18.2 Å². The smallest absolute Gasteiger partial charge is 0.498 e. The van der Waals surface area contributed by atoms with Crippen molar-refractivity contribution >= 4 is 33.8 Å². The molecule has 9 nitrogen and oxygen atoms in total. The van der Waals surface area contributed by atoms with E-state index in [0.717, 1.165) is 28.2 Å².